The Morgan fingerprint density at radius 2 is 1.70 bits per heavy atom. The first kappa shape index (κ1) is 16.5. The number of carbonyl (C=O) groups excluding carboxylic acids is 2. The Hall–Kier alpha value is -2.89. The van der Waals surface area contributed by atoms with E-state index in [-0.39, 0.29) is 24.3 Å². The lowest BCUT2D eigenvalue weighted by molar-refractivity contribution is -0.120. The van der Waals surface area contributed by atoms with Crippen molar-refractivity contribution < 1.29 is 14.0 Å². The maximum absolute atomic E-state index is 12.9. The van der Waals surface area contributed by atoms with Crippen LogP contribution < -0.4 is 16.0 Å². The van der Waals surface area contributed by atoms with Crippen molar-refractivity contribution in [2.24, 2.45) is 0 Å². The lowest BCUT2D eigenvalue weighted by atomic mass is 10.1. The molecule has 0 fully saturated rings. The summed E-state index contributed by atoms with van der Waals surface area (Å²) in [7, 11) is 0. The highest BCUT2D eigenvalue weighted by molar-refractivity contribution is 5.92. The van der Waals surface area contributed by atoms with Crippen LogP contribution in [-0.4, -0.2) is 18.5 Å². The summed E-state index contributed by atoms with van der Waals surface area (Å²) in [5.74, 6) is -0.656. The van der Waals surface area contributed by atoms with Crippen LogP contribution in [0.5, 0.6) is 0 Å². The number of amides is 3. The van der Waals surface area contributed by atoms with E-state index in [1.165, 1.54) is 12.1 Å². The largest absolute Gasteiger partial charge is 0.348 e. The number of hydrogen-bond acceptors (Lipinski definition) is 2. The molecule has 3 amide bonds. The molecule has 0 aliphatic carbocycles. The molecule has 6 heteroatoms. The van der Waals surface area contributed by atoms with Crippen LogP contribution in [0.25, 0.3) is 0 Å². The molecular formula is C17H18FN3O2. The zero-order valence-electron chi connectivity index (χ0n) is 12.7. The predicted octanol–water partition coefficient (Wildman–Crippen LogP) is 2.82. The van der Waals surface area contributed by atoms with Crippen molar-refractivity contribution in [3.8, 4) is 0 Å². The van der Waals surface area contributed by atoms with Crippen molar-refractivity contribution >= 4 is 17.6 Å². The third-order valence-corrected chi connectivity index (χ3v) is 3.19. The molecule has 0 spiro atoms. The fraction of sp³-hybridized carbons (Fsp3) is 0.176. The van der Waals surface area contributed by atoms with Crippen molar-refractivity contribution in [2.75, 3.05) is 11.9 Å². The van der Waals surface area contributed by atoms with Gasteiger partial charge in [-0.3, -0.25) is 4.79 Å². The smallest absolute Gasteiger partial charge is 0.319 e. The molecule has 2 aromatic rings. The third-order valence-electron chi connectivity index (χ3n) is 3.19. The molecule has 0 unspecified atom stereocenters. The number of carbonyl (C=O) groups is 2. The van der Waals surface area contributed by atoms with E-state index in [2.05, 4.69) is 16.0 Å². The lowest BCUT2D eigenvalue weighted by Crippen LogP contribution is -2.39. The first-order chi connectivity index (χ1) is 11.0. The van der Waals surface area contributed by atoms with E-state index in [1.807, 2.05) is 6.07 Å². The number of rotatable bonds is 5. The van der Waals surface area contributed by atoms with Crippen molar-refractivity contribution in [1.29, 1.82) is 0 Å². The summed E-state index contributed by atoms with van der Waals surface area (Å²) in [6, 6.07) is 14.1. The van der Waals surface area contributed by atoms with E-state index in [1.54, 1.807) is 43.3 Å². The highest BCUT2D eigenvalue weighted by atomic mass is 19.1. The summed E-state index contributed by atoms with van der Waals surface area (Å²) in [5, 5.41) is 7.82. The van der Waals surface area contributed by atoms with Gasteiger partial charge in [0.25, 0.3) is 0 Å². The van der Waals surface area contributed by atoms with Gasteiger partial charge >= 0.3 is 6.03 Å². The van der Waals surface area contributed by atoms with E-state index < -0.39 is 6.03 Å². The maximum atomic E-state index is 12.9. The zero-order chi connectivity index (χ0) is 16.7. The van der Waals surface area contributed by atoms with Gasteiger partial charge in [0.05, 0.1) is 12.6 Å². The molecule has 120 valence electrons. The van der Waals surface area contributed by atoms with E-state index in [9.17, 15) is 14.0 Å². The summed E-state index contributed by atoms with van der Waals surface area (Å²) in [6.07, 6.45) is 0. The lowest BCUT2D eigenvalue weighted by Gasteiger charge is -2.15. The fourth-order valence-electron chi connectivity index (χ4n) is 1.98. The van der Waals surface area contributed by atoms with E-state index >= 15 is 0 Å². The number of halogens is 1. The summed E-state index contributed by atoms with van der Waals surface area (Å²) in [4.78, 5) is 23.5. The zero-order valence-corrected chi connectivity index (χ0v) is 12.7. The van der Waals surface area contributed by atoms with Crippen LogP contribution in [0.1, 0.15) is 18.5 Å². The summed E-state index contributed by atoms with van der Waals surface area (Å²) in [5.41, 5.74) is 1.43. The van der Waals surface area contributed by atoms with Gasteiger partial charge in [-0.05, 0) is 36.8 Å². The SMILES string of the molecule is C[C@@H](NC(=O)CNC(=O)Nc1ccccc1)c1ccc(F)cc1. The first-order valence-electron chi connectivity index (χ1n) is 7.19. The predicted molar refractivity (Wildman–Crippen MR) is 86.4 cm³/mol. The third kappa shape index (κ3) is 5.43. The Bertz CT molecular complexity index is 659. The average Bonchev–Trinajstić information content (AvgIpc) is 2.54. The van der Waals surface area contributed by atoms with Gasteiger partial charge in [-0.2, -0.15) is 0 Å². The second-order valence-corrected chi connectivity index (χ2v) is 5.01. The van der Waals surface area contributed by atoms with Crippen LogP contribution in [0.4, 0.5) is 14.9 Å². The molecular weight excluding hydrogens is 297 g/mol. The minimum Gasteiger partial charge on any atom is -0.348 e. The van der Waals surface area contributed by atoms with Crippen molar-refractivity contribution in [1.82, 2.24) is 10.6 Å². The topological polar surface area (TPSA) is 70.2 Å². The Balaban J connectivity index is 1.76. The molecule has 0 heterocycles. The molecule has 3 N–H and O–H groups in total. The van der Waals surface area contributed by atoms with Crippen LogP contribution >= 0.6 is 0 Å². The van der Waals surface area contributed by atoms with E-state index in [4.69, 9.17) is 0 Å². The molecule has 0 bridgehead atoms. The van der Waals surface area contributed by atoms with Gasteiger partial charge < -0.3 is 16.0 Å². The van der Waals surface area contributed by atoms with Crippen LogP contribution in [0.15, 0.2) is 54.6 Å². The van der Waals surface area contributed by atoms with Gasteiger partial charge in [-0.1, -0.05) is 30.3 Å². The molecule has 0 saturated carbocycles. The van der Waals surface area contributed by atoms with Crippen LogP contribution in [-0.2, 0) is 4.79 Å². The number of nitrogens with one attached hydrogen (secondary N) is 3. The normalized spacial score (nSPS) is 11.4. The molecule has 0 saturated heterocycles. The summed E-state index contributed by atoms with van der Waals surface area (Å²) >= 11 is 0. The van der Waals surface area contributed by atoms with Gasteiger partial charge in [0.1, 0.15) is 5.82 Å². The van der Waals surface area contributed by atoms with Gasteiger partial charge in [-0.15, -0.1) is 0 Å². The van der Waals surface area contributed by atoms with E-state index in [0.717, 1.165) is 5.56 Å². The molecule has 5 nitrogen and oxygen atoms in total. The first-order valence-corrected chi connectivity index (χ1v) is 7.19. The number of anilines is 1. The molecule has 2 aromatic carbocycles. The monoisotopic (exact) mass is 315 g/mol. The van der Waals surface area contributed by atoms with Crippen LogP contribution in [0, 0.1) is 5.82 Å². The van der Waals surface area contributed by atoms with Crippen molar-refractivity contribution in [3.05, 3.63) is 66.0 Å². The molecule has 0 aliphatic heterocycles. The number of hydrogen-bond donors (Lipinski definition) is 3. The standard InChI is InChI=1S/C17H18FN3O2/c1-12(13-7-9-14(18)10-8-13)20-16(22)11-19-17(23)21-15-5-3-2-4-6-15/h2-10,12H,11H2,1H3,(H,20,22)(H2,19,21,23)/t12-/m1/s1. The number of benzene rings is 2. The van der Waals surface area contributed by atoms with Gasteiger partial charge in [-0.25, -0.2) is 9.18 Å². The second kappa shape index (κ2) is 7.93. The highest BCUT2D eigenvalue weighted by Gasteiger charge is 2.10. The molecule has 23 heavy (non-hydrogen) atoms. The Morgan fingerprint density at radius 1 is 1.04 bits per heavy atom. The van der Waals surface area contributed by atoms with E-state index in [0.29, 0.717) is 5.69 Å². The molecule has 0 radical (unpaired) electrons. The quantitative estimate of drug-likeness (QED) is 0.794. The molecule has 1 atom stereocenters. The van der Waals surface area contributed by atoms with Crippen molar-refractivity contribution in [2.45, 2.75) is 13.0 Å². The molecule has 0 aromatic heterocycles. The van der Waals surface area contributed by atoms with Crippen molar-refractivity contribution in [3.63, 3.8) is 0 Å². The fourth-order valence-corrected chi connectivity index (χ4v) is 1.98. The summed E-state index contributed by atoms with van der Waals surface area (Å²) in [6.45, 7) is 1.64. The molecule has 2 rings (SSSR count). The van der Waals surface area contributed by atoms with Gasteiger partial charge in [0, 0.05) is 5.69 Å². The Morgan fingerprint density at radius 3 is 2.35 bits per heavy atom. The summed E-state index contributed by atoms with van der Waals surface area (Å²) < 4.78 is 12.9. The number of urea groups is 1. The van der Waals surface area contributed by atoms with Crippen LogP contribution in [0.3, 0.4) is 0 Å². The highest BCUT2D eigenvalue weighted by Crippen LogP contribution is 2.12. The Kier molecular flexibility index (Phi) is 5.68. The number of para-hydroxylation sites is 1. The minimum absolute atomic E-state index is 0.149. The van der Waals surface area contributed by atoms with Gasteiger partial charge in [0.15, 0.2) is 0 Å². The van der Waals surface area contributed by atoms with Crippen LogP contribution in [0.2, 0.25) is 0 Å². The second-order valence-electron chi connectivity index (χ2n) is 5.01. The average molecular weight is 315 g/mol. The molecule has 0 aliphatic rings. The maximum Gasteiger partial charge on any atom is 0.319 e. The minimum atomic E-state index is -0.458. The van der Waals surface area contributed by atoms with Gasteiger partial charge in [0.2, 0.25) is 5.91 Å². The Labute approximate surface area is 133 Å².